The number of rotatable bonds is 3. The molecular weight excluding hydrogens is 240 g/mol. The van der Waals surface area contributed by atoms with Gasteiger partial charge in [0.25, 0.3) is 0 Å². The standard InChI is InChI=1S/C15H14N2O2/c1-11-5-4-8-15(12(11)9-18)19-17-10-16-13-6-2-3-7-14(13)17/h2-8,10,18H,9H2,1H3. The quantitative estimate of drug-likeness (QED) is 0.781. The largest absolute Gasteiger partial charge is 0.392 e. The first kappa shape index (κ1) is 11.7. The van der Waals surface area contributed by atoms with E-state index in [1.165, 1.54) is 0 Å². The Bertz CT molecular complexity index is 719. The molecule has 0 aliphatic heterocycles. The Labute approximate surface area is 110 Å². The number of aromatic nitrogens is 2. The minimum absolute atomic E-state index is 0.0470. The molecule has 0 aliphatic rings. The van der Waals surface area contributed by atoms with Gasteiger partial charge in [0, 0.05) is 5.56 Å². The number of aryl methyl sites for hydroxylation is 1. The van der Waals surface area contributed by atoms with Crippen LogP contribution >= 0.6 is 0 Å². The maximum atomic E-state index is 9.44. The van der Waals surface area contributed by atoms with Gasteiger partial charge in [-0.15, -0.1) is 0 Å². The number of para-hydroxylation sites is 2. The number of benzene rings is 2. The number of aliphatic hydroxyl groups is 1. The van der Waals surface area contributed by atoms with Crippen molar-refractivity contribution < 1.29 is 9.94 Å². The second kappa shape index (κ2) is 4.74. The highest BCUT2D eigenvalue weighted by atomic mass is 16.7. The summed E-state index contributed by atoms with van der Waals surface area (Å²) in [6.45, 7) is 1.90. The fraction of sp³-hybridized carbons (Fsp3) is 0.133. The summed E-state index contributed by atoms with van der Waals surface area (Å²) in [5.41, 5.74) is 3.57. The van der Waals surface area contributed by atoms with Crippen molar-refractivity contribution in [2.75, 3.05) is 0 Å². The summed E-state index contributed by atoms with van der Waals surface area (Å²) >= 11 is 0. The van der Waals surface area contributed by atoms with Crippen molar-refractivity contribution in [1.82, 2.24) is 9.71 Å². The molecule has 96 valence electrons. The zero-order valence-electron chi connectivity index (χ0n) is 10.6. The van der Waals surface area contributed by atoms with E-state index in [-0.39, 0.29) is 6.61 Å². The summed E-state index contributed by atoms with van der Waals surface area (Å²) in [6, 6.07) is 13.4. The van der Waals surface area contributed by atoms with E-state index in [1.54, 1.807) is 11.1 Å². The Hall–Kier alpha value is -2.33. The van der Waals surface area contributed by atoms with E-state index < -0.39 is 0 Å². The van der Waals surface area contributed by atoms with Gasteiger partial charge in [-0.05, 0) is 30.7 Å². The minimum atomic E-state index is -0.0470. The second-order valence-corrected chi connectivity index (χ2v) is 4.36. The number of imidazole rings is 1. The smallest absolute Gasteiger partial charge is 0.161 e. The number of fused-ring (bicyclic) bond motifs is 1. The Morgan fingerprint density at radius 1 is 1.16 bits per heavy atom. The minimum Gasteiger partial charge on any atom is -0.392 e. The molecule has 3 rings (SSSR count). The molecular formula is C15H14N2O2. The highest BCUT2D eigenvalue weighted by Gasteiger charge is 2.09. The molecule has 0 bridgehead atoms. The van der Waals surface area contributed by atoms with Crippen LogP contribution in [0.2, 0.25) is 0 Å². The van der Waals surface area contributed by atoms with Crippen LogP contribution in [-0.2, 0) is 6.61 Å². The van der Waals surface area contributed by atoms with Crippen LogP contribution in [0.25, 0.3) is 11.0 Å². The molecule has 4 heteroatoms. The van der Waals surface area contributed by atoms with E-state index >= 15 is 0 Å². The van der Waals surface area contributed by atoms with Crippen molar-refractivity contribution in [3.63, 3.8) is 0 Å². The normalized spacial score (nSPS) is 10.8. The van der Waals surface area contributed by atoms with Crippen LogP contribution in [0.5, 0.6) is 5.75 Å². The lowest BCUT2D eigenvalue weighted by Gasteiger charge is -2.12. The molecule has 19 heavy (non-hydrogen) atoms. The first-order valence-corrected chi connectivity index (χ1v) is 6.09. The third kappa shape index (κ3) is 2.06. The summed E-state index contributed by atoms with van der Waals surface area (Å²) in [5.74, 6) is 0.644. The lowest BCUT2D eigenvalue weighted by atomic mass is 10.1. The van der Waals surface area contributed by atoms with Crippen molar-refractivity contribution >= 4 is 11.0 Å². The first-order chi connectivity index (χ1) is 9.29. The second-order valence-electron chi connectivity index (χ2n) is 4.36. The van der Waals surface area contributed by atoms with Crippen LogP contribution in [0.1, 0.15) is 11.1 Å². The molecule has 1 heterocycles. The summed E-state index contributed by atoms with van der Waals surface area (Å²) in [7, 11) is 0. The van der Waals surface area contributed by atoms with Gasteiger partial charge in [-0.25, -0.2) is 4.98 Å². The molecule has 3 aromatic rings. The van der Waals surface area contributed by atoms with Gasteiger partial charge in [0.05, 0.1) is 12.1 Å². The molecule has 0 aliphatic carbocycles. The number of hydrogen-bond donors (Lipinski definition) is 1. The molecule has 0 saturated carbocycles. The SMILES string of the molecule is Cc1cccc(On2cnc3ccccc32)c1CO. The Kier molecular flexibility index (Phi) is 2.93. The molecule has 4 nitrogen and oxygen atoms in total. The zero-order chi connectivity index (χ0) is 13.2. The summed E-state index contributed by atoms with van der Waals surface area (Å²) < 4.78 is 1.61. The first-order valence-electron chi connectivity index (χ1n) is 6.09. The summed E-state index contributed by atoms with van der Waals surface area (Å²) in [4.78, 5) is 10.1. The van der Waals surface area contributed by atoms with E-state index in [4.69, 9.17) is 4.84 Å². The topological polar surface area (TPSA) is 47.3 Å². The number of nitrogens with zero attached hydrogens (tertiary/aromatic N) is 2. The van der Waals surface area contributed by atoms with Gasteiger partial charge in [0.2, 0.25) is 0 Å². The number of aliphatic hydroxyl groups excluding tert-OH is 1. The summed E-state index contributed by atoms with van der Waals surface area (Å²) in [5, 5.41) is 9.44. The molecule has 0 atom stereocenters. The van der Waals surface area contributed by atoms with Crippen LogP contribution in [-0.4, -0.2) is 14.8 Å². The van der Waals surface area contributed by atoms with Gasteiger partial charge in [-0.2, -0.15) is 4.73 Å². The van der Waals surface area contributed by atoms with Crippen LogP contribution in [0, 0.1) is 6.92 Å². The lowest BCUT2D eigenvalue weighted by molar-refractivity contribution is 0.212. The Morgan fingerprint density at radius 2 is 2.00 bits per heavy atom. The van der Waals surface area contributed by atoms with Gasteiger partial charge < -0.3 is 9.94 Å². The van der Waals surface area contributed by atoms with E-state index in [0.717, 1.165) is 22.2 Å². The molecule has 1 aromatic heterocycles. The fourth-order valence-electron chi connectivity index (χ4n) is 2.08. The average Bonchev–Trinajstić information content (AvgIpc) is 2.83. The lowest BCUT2D eigenvalue weighted by Crippen LogP contribution is -2.06. The molecule has 0 amide bonds. The molecule has 0 saturated heterocycles. The van der Waals surface area contributed by atoms with Crippen molar-refractivity contribution in [2.24, 2.45) is 0 Å². The predicted octanol–water partition coefficient (Wildman–Crippen LogP) is 2.68. The van der Waals surface area contributed by atoms with E-state index in [1.807, 2.05) is 49.4 Å². The molecule has 1 N–H and O–H groups in total. The molecule has 0 radical (unpaired) electrons. The molecule has 0 spiro atoms. The Morgan fingerprint density at radius 3 is 2.84 bits per heavy atom. The zero-order valence-corrected chi connectivity index (χ0v) is 10.6. The van der Waals surface area contributed by atoms with E-state index in [9.17, 15) is 5.11 Å². The van der Waals surface area contributed by atoms with Crippen molar-refractivity contribution in [2.45, 2.75) is 13.5 Å². The highest BCUT2D eigenvalue weighted by molar-refractivity contribution is 5.74. The van der Waals surface area contributed by atoms with Gasteiger partial charge in [-0.3, -0.25) is 0 Å². The van der Waals surface area contributed by atoms with E-state index in [2.05, 4.69) is 4.98 Å². The van der Waals surface area contributed by atoms with Crippen LogP contribution in [0.15, 0.2) is 48.8 Å². The summed E-state index contributed by atoms with van der Waals surface area (Å²) in [6.07, 6.45) is 1.63. The van der Waals surface area contributed by atoms with Gasteiger partial charge >= 0.3 is 0 Å². The average molecular weight is 254 g/mol. The van der Waals surface area contributed by atoms with Crippen molar-refractivity contribution in [1.29, 1.82) is 0 Å². The maximum absolute atomic E-state index is 9.44. The fourth-order valence-corrected chi connectivity index (χ4v) is 2.08. The van der Waals surface area contributed by atoms with Crippen LogP contribution < -0.4 is 4.84 Å². The van der Waals surface area contributed by atoms with Crippen LogP contribution in [0.4, 0.5) is 0 Å². The van der Waals surface area contributed by atoms with Crippen molar-refractivity contribution in [3.05, 3.63) is 59.9 Å². The van der Waals surface area contributed by atoms with Gasteiger partial charge in [0.1, 0.15) is 11.8 Å². The maximum Gasteiger partial charge on any atom is 0.161 e. The molecule has 0 fully saturated rings. The van der Waals surface area contributed by atoms with Crippen LogP contribution in [0.3, 0.4) is 0 Å². The monoisotopic (exact) mass is 254 g/mol. The molecule has 0 unspecified atom stereocenters. The Balaban J connectivity index is 2.04. The van der Waals surface area contributed by atoms with Crippen molar-refractivity contribution in [3.8, 4) is 5.75 Å². The van der Waals surface area contributed by atoms with E-state index in [0.29, 0.717) is 5.75 Å². The number of hydrogen-bond acceptors (Lipinski definition) is 3. The third-order valence-electron chi connectivity index (χ3n) is 3.14. The molecule has 2 aromatic carbocycles. The third-order valence-corrected chi connectivity index (χ3v) is 3.14. The predicted molar refractivity (Wildman–Crippen MR) is 72.9 cm³/mol. The highest BCUT2D eigenvalue weighted by Crippen LogP contribution is 2.23. The van der Waals surface area contributed by atoms with Gasteiger partial charge in [0.15, 0.2) is 5.75 Å². The van der Waals surface area contributed by atoms with Gasteiger partial charge in [-0.1, -0.05) is 24.3 Å².